The minimum Gasteiger partial charge on any atom is -0.497 e. The number of halogens is 1. The molecule has 0 aromatic heterocycles. The van der Waals surface area contributed by atoms with Crippen LogP contribution in [-0.2, 0) is 0 Å². The fourth-order valence-corrected chi connectivity index (χ4v) is 2.37. The lowest BCUT2D eigenvalue weighted by Gasteiger charge is -2.12. The molecule has 1 heterocycles. The van der Waals surface area contributed by atoms with E-state index in [9.17, 15) is 14.5 Å². The van der Waals surface area contributed by atoms with Crippen molar-refractivity contribution >= 4 is 17.1 Å². The van der Waals surface area contributed by atoms with Gasteiger partial charge in [-0.15, -0.1) is 0 Å². The average molecular weight is 334 g/mol. The molecule has 7 nitrogen and oxygen atoms in total. The van der Waals surface area contributed by atoms with Gasteiger partial charge in [0.15, 0.2) is 11.5 Å². The maximum atomic E-state index is 14.0. The molecule has 0 amide bonds. The number of hydrogen-bond acceptors (Lipinski definition) is 6. The number of nitrogens with one attached hydrogen (secondary N) is 1. The molecule has 0 saturated carbocycles. The summed E-state index contributed by atoms with van der Waals surface area (Å²) in [5, 5.41) is 14.0. The van der Waals surface area contributed by atoms with Gasteiger partial charge < -0.3 is 19.5 Å². The van der Waals surface area contributed by atoms with E-state index in [2.05, 4.69) is 5.32 Å². The Kier molecular flexibility index (Phi) is 4.37. The minimum atomic E-state index is -0.976. The lowest BCUT2D eigenvalue weighted by molar-refractivity contribution is -0.386. The van der Waals surface area contributed by atoms with Crippen LogP contribution in [-0.4, -0.2) is 25.2 Å². The molecule has 0 radical (unpaired) electrons. The Morgan fingerprint density at radius 3 is 2.67 bits per heavy atom. The zero-order valence-corrected chi connectivity index (χ0v) is 12.9. The predicted molar refractivity (Wildman–Crippen MR) is 84.9 cm³/mol. The predicted octanol–water partition coefficient (Wildman–Crippen LogP) is 3.65. The molecular formula is C16H15FN2O5. The number of anilines is 2. The zero-order chi connectivity index (χ0) is 17.1. The van der Waals surface area contributed by atoms with E-state index < -0.39 is 16.4 Å². The molecule has 0 spiro atoms. The van der Waals surface area contributed by atoms with Gasteiger partial charge in [0.1, 0.15) is 11.4 Å². The van der Waals surface area contributed by atoms with Crippen LogP contribution in [0.15, 0.2) is 30.3 Å². The van der Waals surface area contributed by atoms with Gasteiger partial charge in [-0.25, -0.2) is 0 Å². The summed E-state index contributed by atoms with van der Waals surface area (Å²) in [7, 11) is 1.36. The largest absolute Gasteiger partial charge is 0.497 e. The SMILES string of the molecule is COc1cc(F)c([N+](=O)[O-])c(Nc2ccc3c(c2)OCCCO3)c1. The van der Waals surface area contributed by atoms with E-state index in [4.69, 9.17) is 14.2 Å². The van der Waals surface area contributed by atoms with Gasteiger partial charge >= 0.3 is 5.69 Å². The quantitative estimate of drug-likeness (QED) is 0.679. The Morgan fingerprint density at radius 1 is 1.21 bits per heavy atom. The molecule has 24 heavy (non-hydrogen) atoms. The second-order valence-corrected chi connectivity index (χ2v) is 5.10. The van der Waals surface area contributed by atoms with Crippen molar-refractivity contribution in [1.29, 1.82) is 0 Å². The van der Waals surface area contributed by atoms with Crippen LogP contribution < -0.4 is 19.5 Å². The van der Waals surface area contributed by atoms with Crippen LogP contribution in [0.5, 0.6) is 17.2 Å². The molecular weight excluding hydrogens is 319 g/mol. The summed E-state index contributed by atoms with van der Waals surface area (Å²) in [5.74, 6) is 0.332. The number of benzene rings is 2. The van der Waals surface area contributed by atoms with Crippen LogP contribution >= 0.6 is 0 Å². The summed E-state index contributed by atoms with van der Waals surface area (Å²) in [4.78, 5) is 10.4. The van der Waals surface area contributed by atoms with E-state index in [-0.39, 0.29) is 11.4 Å². The number of nitrogens with zero attached hydrogens (tertiary/aromatic N) is 1. The molecule has 1 aliphatic rings. The second-order valence-electron chi connectivity index (χ2n) is 5.10. The van der Waals surface area contributed by atoms with Gasteiger partial charge in [-0.3, -0.25) is 10.1 Å². The molecule has 0 saturated heterocycles. The third-order valence-corrected chi connectivity index (χ3v) is 3.48. The van der Waals surface area contributed by atoms with Crippen LogP contribution in [0, 0.1) is 15.9 Å². The Balaban J connectivity index is 1.97. The number of fused-ring (bicyclic) bond motifs is 1. The summed E-state index contributed by atoms with van der Waals surface area (Å²) >= 11 is 0. The highest BCUT2D eigenvalue weighted by Gasteiger charge is 2.23. The molecule has 0 fully saturated rings. The van der Waals surface area contributed by atoms with Gasteiger partial charge in [-0.1, -0.05) is 0 Å². The molecule has 3 rings (SSSR count). The Labute approximate surface area is 137 Å². The normalized spacial score (nSPS) is 13.1. The maximum absolute atomic E-state index is 14.0. The van der Waals surface area contributed by atoms with Gasteiger partial charge in [-0.2, -0.15) is 4.39 Å². The van der Waals surface area contributed by atoms with E-state index >= 15 is 0 Å². The van der Waals surface area contributed by atoms with Crippen molar-refractivity contribution in [1.82, 2.24) is 0 Å². The molecule has 0 bridgehead atoms. The van der Waals surface area contributed by atoms with E-state index in [1.165, 1.54) is 13.2 Å². The molecule has 1 N–H and O–H groups in total. The lowest BCUT2D eigenvalue weighted by Crippen LogP contribution is -2.01. The van der Waals surface area contributed by atoms with Crippen molar-refractivity contribution in [2.24, 2.45) is 0 Å². The molecule has 2 aromatic carbocycles. The first-order valence-corrected chi connectivity index (χ1v) is 7.27. The second kappa shape index (κ2) is 6.61. The highest BCUT2D eigenvalue weighted by Crippen LogP contribution is 2.37. The fraction of sp³-hybridized carbons (Fsp3) is 0.250. The Hall–Kier alpha value is -3.03. The highest BCUT2D eigenvalue weighted by molar-refractivity contribution is 5.73. The lowest BCUT2D eigenvalue weighted by atomic mass is 10.2. The summed E-state index contributed by atoms with van der Waals surface area (Å²) in [6.45, 7) is 1.08. The van der Waals surface area contributed by atoms with Gasteiger partial charge in [0, 0.05) is 30.3 Å². The third kappa shape index (κ3) is 3.17. The smallest absolute Gasteiger partial charge is 0.328 e. The number of nitro groups is 1. The van der Waals surface area contributed by atoms with Crippen LogP contribution in [0.25, 0.3) is 0 Å². The molecule has 0 unspecified atom stereocenters. The topological polar surface area (TPSA) is 82.9 Å². The highest BCUT2D eigenvalue weighted by atomic mass is 19.1. The Morgan fingerprint density at radius 2 is 1.96 bits per heavy atom. The molecule has 2 aromatic rings. The summed E-state index contributed by atoms with van der Waals surface area (Å²) in [6, 6.07) is 7.36. The maximum Gasteiger partial charge on any atom is 0.328 e. The van der Waals surface area contributed by atoms with Crippen molar-refractivity contribution in [3.63, 3.8) is 0 Å². The van der Waals surface area contributed by atoms with Crippen molar-refractivity contribution in [3.8, 4) is 17.2 Å². The van der Waals surface area contributed by atoms with Crippen LogP contribution in [0.4, 0.5) is 21.5 Å². The first kappa shape index (κ1) is 15.9. The monoisotopic (exact) mass is 334 g/mol. The van der Waals surface area contributed by atoms with Crippen molar-refractivity contribution in [2.75, 3.05) is 25.6 Å². The first-order valence-electron chi connectivity index (χ1n) is 7.27. The number of hydrogen-bond donors (Lipinski definition) is 1. The van der Waals surface area contributed by atoms with Gasteiger partial charge in [-0.05, 0) is 12.1 Å². The summed E-state index contributed by atoms with van der Waals surface area (Å²) in [5.41, 5.74) is -0.149. The van der Waals surface area contributed by atoms with Crippen LogP contribution in [0.3, 0.4) is 0 Å². The number of rotatable bonds is 4. The fourth-order valence-electron chi connectivity index (χ4n) is 2.37. The van der Waals surface area contributed by atoms with E-state index in [1.807, 2.05) is 0 Å². The number of methoxy groups -OCH3 is 1. The van der Waals surface area contributed by atoms with E-state index in [0.717, 1.165) is 12.5 Å². The van der Waals surface area contributed by atoms with E-state index in [0.29, 0.717) is 30.4 Å². The third-order valence-electron chi connectivity index (χ3n) is 3.48. The summed E-state index contributed by atoms with van der Waals surface area (Å²) in [6.07, 6.45) is 0.768. The van der Waals surface area contributed by atoms with Gasteiger partial charge in [0.2, 0.25) is 5.82 Å². The first-order chi connectivity index (χ1) is 11.6. The number of nitro benzene ring substituents is 1. The van der Waals surface area contributed by atoms with Crippen LogP contribution in [0.2, 0.25) is 0 Å². The zero-order valence-electron chi connectivity index (χ0n) is 12.9. The molecule has 126 valence electrons. The van der Waals surface area contributed by atoms with Crippen molar-refractivity contribution in [3.05, 3.63) is 46.3 Å². The number of ether oxygens (including phenoxy) is 3. The average Bonchev–Trinajstić information content (AvgIpc) is 2.78. The van der Waals surface area contributed by atoms with Gasteiger partial charge in [0.05, 0.1) is 25.2 Å². The Bertz CT molecular complexity index is 781. The molecule has 8 heteroatoms. The summed E-state index contributed by atoms with van der Waals surface area (Å²) < 4.78 is 30.0. The molecule has 0 aliphatic carbocycles. The van der Waals surface area contributed by atoms with Crippen LogP contribution in [0.1, 0.15) is 6.42 Å². The standard InChI is InChI=1S/C16H15FN2O5/c1-22-11-8-12(17)16(19(20)21)13(9-11)18-10-3-4-14-15(7-10)24-6-2-5-23-14/h3-4,7-9,18H,2,5-6H2,1H3. The molecule has 1 aliphatic heterocycles. The van der Waals surface area contributed by atoms with Crippen molar-refractivity contribution in [2.45, 2.75) is 6.42 Å². The van der Waals surface area contributed by atoms with Gasteiger partial charge in [0.25, 0.3) is 0 Å². The van der Waals surface area contributed by atoms with E-state index in [1.54, 1.807) is 18.2 Å². The minimum absolute atomic E-state index is 0.00802. The van der Waals surface area contributed by atoms with Crippen molar-refractivity contribution < 1.29 is 23.5 Å². The molecule has 0 atom stereocenters.